The minimum atomic E-state index is -3.15. The molecular weight excluding hydrogens is 280 g/mol. The minimum absolute atomic E-state index is 0.0548. The van der Waals surface area contributed by atoms with Crippen molar-refractivity contribution < 1.29 is 8.42 Å². The number of hydrogen-bond donors (Lipinski definition) is 4. The highest BCUT2D eigenvalue weighted by Crippen LogP contribution is 2.16. The number of H-pyrrole nitrogens is 2. The van der Waals surface area contributed by atoms with Gasteiger partial charge in [-0.3, -0.25) is 0 Å². The molecule has 1 aromatic carbocycles. The Balaban J connectivity index is 1.96. The van der Waals surface area contributed by atoms with E-state index in [9.17, 15) is 13.2 Å². The number of aromatic amines is 2. The average molecular weight is 298 g/mol. The first-order chi connectivity index (χ1) is 9.35. The summed E-state index contributed by atoms with van der Waals surface area (Å²) < 4.78 is 24.3. The molecule has 1 aromatic heterocycles. The van der Waals surface area contributed by atoms with E-state index in [1.54, 1.807) is 0 Å². The van der Waals surface area contributed by atoms with Crippen LogP contribution >= 0.6 is 0 Å². The van der Waals surface area contributed by atoms with Gasteiger partial charge in [0.25, 0.3) is 0 Å². The predicted octanol–water partition coefficient (Wildman–Crippen LogP) is 0.0560. The highest BCUT2D eigenvalue weighted by Gasteiger charge is 2.07. The third-order valence-electron chi connectivity index (χ3n) is 2.98. The monoisotopic (exact) mass is 298 g/mol. The van der Waals surface area contributed by atoms with Gasteiger partial charge in [0.15, 0.2) is 0 Å². The summed E-state index contributed by atoms with van der Waals surface area (Å²) in [5, 5.41) is 3.21. The highest BCUT2D eigenvalue weighted by molar-refractivity contribution is 7.88. The quantitative estimate of drug-likeness (QED) is 0.565. The Labute approximate surface area is 116 Å². The van der Waals surface area contributed by atoms with Gasteiger partial charge in [-0.15, -0.1) is 0 Å². The van der Waals surface area contributed by atoms with Gasteiger partial charge in [-0.1, -0.05) is 6.07 Å². The highest BCUT2D eigenvalue weighted by atomic mass is 32.2. The molecule has 1 heterocycles. The molecule has 0 aliphatic rings. The van der Waals surface area contributed by atoms with Gasteiger partial charge in [-0.2, -0.15) is 0 Å². The van der Waals surface area contributed by atoms with Crippen LogP contribution in [0.25, 0.3) is 11.0 Å². The summed E-state index contributed by atoms with van der Waals surface area (Å²) in [5.74, 6) is 0. The Kier molecular flexibility index (Phi) is 4.26. The fraction of sp³-hybridized carbons (Fsp3) is 0.417. The normalized spacial score (nSPS) is 13.7. The minimum Gasteiger partial charge on any atom is -0.309 e. The van der Waals surface area contributed by atoms with Crippen LogP contribution in [0.3, 0.4) is 0 Å². The average Bonchev–Trinajstić information content (AvgIpc) is 2.72. The van der Waals surface area contributed by atoms with Crippen LogP contribution in [0.1, 0.15) is 18.5 Å². The second-order valence-corrected chi connectivity index (χ2v) is 6.56. The zero-order chi connectivity index (χ0) is 14.8. The lowest BCUT2D eigenvalue weighted by Gasteiger charge is -2.14. The van der Waals surface area contributed by atoms with Crippen LogP contribution in [-0.2, 0) is 10.0 Å². The molecule has 0 amide bonds. The van der Waals surface area contributed by atoms with Gasteiger partial charge >= 0.3 is 5.69 Å². The number of hydrogen-bond acceptors (Lipinski definition) is 4. The van der Waals surface area contributed by atoms with E-state index in [0.717, 1.165) is 22.9 Å². The van der Waals surface area contributed by atoms with E-state index in [1.165, 1.54) is 0 Å². The summed E-state index contributed by atoms with van der Waals surface area (Å²) in [4.78, 5) is 16.6. The SMILES string of the molecule is CC(NCCNS(C)(=O)=O)c1ccc2[nH]c(=O)[nH]c2c1. The first-order valence-electron chi connectivity index (χ1n) is 6.25. The number of sulfonamides is 1. The number of nitrogens with one attached hydrogen (secondary N) is 4. The molecule has 0 spiro atoms. The molecule has 1 unspecified atom stereocenters. The molecule has 2 aromatic rings. The maximum atomic E-state index is 11.2. The molecule has 110 valence electrons. The largest absolute Gasteiger partial charge is 0.323 e. The van der Waals surface area contributed by atoms with Crippen molar-refractivity contribution in [3.05, 3.63) is 34.2 Å². The zero-order valence-electron chi connectivity index (χ0n) is 11.4. The van der Waals surface area contributed by atoms with Gasteiger partial charge in [0.1, 0.15) is 0 Å². The first-order valence-corrected chi connectivity index (χ1v) is 8.14. The summed E-state index contributed by atoms with van der Waals surface area (Å²) in [6.45, 7) is 2.84. The molecule has 0 saturated heterocycles. The van der Waals surface area contributed by atoms with Crippen molar-refractivity contribution in [3.8, 4) is 0 Å². The van der Waals surface area contributed by atoms with Gasteiger partial charge in [0, 0.05) is 19.1 Å². The Morgan fingerprint density at radius 2 is 1.90 bits per heavy atom. The number of fused-ring (bicyclic) bond motifs is 1. The Hall–Kier alpha value is -1.64. The van der Waals surface area contributed by atoms with Crippen LogP contribution in [-0.4, -0.2) is 37.7 Å². The fourth-order valence-electron chi connectivity index (χ4n) is 1.96. The maximum absolute atomic E-state index is 11.2. The lowest BCUT2D eigenvalue weighted by molar-refractivity contribution is 0.557. The lowest BCUT2D eigenvalue weighted by Crippen LogP contribution is -2.32. The van der Waals surface area contributed by atoms with Crippen molar-refractivity contribution in [1.29, 1.82) is 0 Å². The van der Waals surface area contributed by atoms with Crippen molar-refractivity contribution in [1.82, 2.24) is 20.0 Å². The number of imidazole rings is 1. The van der Waals surface area contributed by atoms with E-state index < -0.39 is 10.0 Å². The Bertz CT molecular complexity index is 747. The third kappa shape index (κ3) is 3.92. The molecule has 0 radical (unpaired) electrons. The topological polar surface area (TPSA) is 107 Å². The van der Waals surface area contributed by atoms with Crippen LogP contribution in [0.4, 0.5) is 0 Å². The summed E-state index contributed by atoms with van der Waals surface area (Å²) in [5.41, 5.74) is 2.32. The van der Waals surface area contributed by atoms with Crippen molar-refractivity contribution in [3.63, 3.8) is 0 Å². The first kappa shape index (κ1) is 14.8. The summed E-state index contributed by atoms with van der Waals surface area (Å²) in [7, 11) is -3.15. The second kappa shape index (κ2) is 5.78. The number of aromatic nitrogens is 2. The molecule has 0 aliphatic heterocycles. The van der Waals surface area contributed by atoms with Crippen molar-refractivity contribution in [2.24, 2.45) is 0 Å². The summed E-state index contributed by atoms with van der Waals surface area (Å²) in [6, 6.07) is 5.72. The molecular formula is C12H18N4O3S. The van der Waals surface area contributed by atoms with Crippen LogP contribution < -0.4 is 15.7 Å². The molecule has 0 saturated carbocycles. The van der Waals surface area contributed by atoms with Crippen molar-refractivity contribution in [2.75, 3.05) is 19.3 Å². The molecule has 0 aliphatic carbocycles. The summed E-state index contributed by atoms with van der Waals surface area (Å²) in [6.07, 6.45) is 1.13. The van der Waals surface area contributed by atoms with Crippen LogP contribution in [0, 0.1) is 0 Å². The molecule has 20 heavy (non-hydrogen) atoms. The molecule has 8 heteroatoms. The standard InChI is InChI=1S/C12H18N4O3S/c1-8(13-5-6-14-20(2,18)19)9-3-4-10-11(7-9)16-12(17)15-10/h3-4,7-8,13-14H,5-6H2,1-2H3,(H2,15,16,17). The molecule has 7 nitrogen and oxygen atoms in total. The second-order valence-electron chi connectivity index (χ2n) is 4.73. The van der Waals surface area contributed by atoms with Crippen LogP contribution in [0.2, 0.25) is 0 Å². The van der Waals surface area contributed by atoms with E-state index in [2.05, 4.69) is 20.0 Å². The van der Waals surface area contributed by atoms with Gasteiger partial charge in [-0.25, -0.2) is 17.9 Å². The Morgan fingerprint density at radius 3 is 2.60 bits per heavy atom. The van der Waals surface area contributed by atoms with E-state index in [4.69, 9.17) is 0 Å². The van der Waals surface area contributed by atoms with Gasteiger partial charge in [0.2, 0.25) is 10.0 Å². The maximum Gasteiger partial charge on any atom is 0.323 e. The molecule has 2 rings (SSSR count). The molecule has 0 fully saturated rings. The van der Waals surface area contributed by atoms with E-state index >= 15 is 0 Å². The molecule has 1 atom stereocenters. The van der Waals surface area contributed by atoms with E-state index in [1.807, 2.05) is 25.1 Å². The molecule has 4 N–H and O–H groups in total. The Morgan fingerprint density at radius 1 is 1.20 bits per heavy atom. The van der Waals surface area contributed by atoms with Gasteiger partial charge < -0.3 is 15.3 Å². The van der Waals surface area contributed by atoms with Gasteiger partial charge in [0.05, 0.1) is 17.3 Å². The number of rotatable bonds is 6. The lowest BCUT2D eigenvalue weighted by atomic mass is 10.1. The molecule has 0 bridgehead atoms. The van der Waals surface area contributed by atoms with Crippen molar-refractivity contribution in [2.45, 2.75) is 13.0 Å². The van der Waals surface area contributed by atoms with Crippen molar-refractivity contribution >= 4 is 21.1 Å². The third-order valence-corrected chi connectivity index (χ3v) is 3.71. The smallest absolute Gasteiger partial charge is 0.309 e. The predicted molar refractivity (Wildman–Crippen MR) is 78.2 cm³/mol. The number of benzene rings is 1. The fourth-order valence-corrected chi connectivity index (χ4v) is 2.44. The van der Waals surface area contributed by atoms with Crippen LogP contribution in [0.15, 0.2) is 23.0 Å². The van der Waals surface area contributed by atoms with E-state index in [0.29, 0.717) is 13.1 Å². The zero-order valence-corrected chi connectivity index (χ0v) is 12.2. The van der Waals surface area contributed by atoms with Gasteiger partial charge in [-0.05, 0) is 24.6 Å². The summed E-state index contributed by atoms with van der Waals surface area (Å²) >= 11 is 0. The van der Waals surface area contributed by atoms with E-state index in [-0.39, 0.29) is 11.7 Å². The van der Waals surface area contributed by atoms with Crippen LogP contribution in [0.5, 0.6) is 0 Å².